The van der Waals surface area contributed by atoms with Crippen molar-refractivity contribution in [2.45, 2.75) is 13.3 Å². The minimum atomic E-state index is -1.15. The summed E-state index contributed by atoms with van der Waals surface area (Å²) in [5.74, 6) is -1.77. The lowest BCUT2D eigenvalue weighted by Gasteiger charge is -1.95. The van der Waals surface area contributed by atoms with E-state index in [1.807, 2.05) is 6.92 Å². The van der Waals surface area contributed by atoms with E-state index in [1.165, 1.54) is 0 Å². The molecule has 62 valence electrons. The summed E-state index contributed by atoms with van der Waals surface area (Å²) in [6.07, 6.45) is 2.36. The molecule has 0 radical (unpaired) electrons. The maximum absolute atomic E-state index is 10.5. The van der Waals surface area contributed by atoms with E-state index in [9.17, 15) is 9.59 Å². The normalized spacial score (nSPS) is 9.91. The third-order valence-electron chi connectivity index (χ3n) is 0.810. The maximum Gasteiger partial charge on any atom is 0.331 e. The highest BCUT2D eigenvalue weighted by atomic mass is 16.5. The summed E-state index contributed by atoms with van der Waals surface area (Å²) in [6, 6.07) is 0. The summed E-state index contributed by atoms with van der Waals surface area (Å²) in [6.45, 7) is 2.18. The van der Waals surface area contributed by atoms with Gasteiger partial charge in [-0.05, 0) is 6.42 Å². The van der Waals surface area contributed by atoms with Gasteiger partial charge in [0.15, 0.2) is 0 Å². The predicted octanol–water partition coefficient (Wildman–Crippen LogP) is 0.580. The first-order valence-electron chi connectivity index (χ1n) is 3.24. The van der Waals surface area contributed by atoms with E-state index < -0.39 is 11.9 Å². The van der Waals surface area contributed by atoms with Gasteiger partial charge in [-0.1, -0.05) is 6.92 Å². The number of esters is 1. The lowest BCUT2D eigenvalue weighted by atomic mass is 10.5. The van der Waals surface area contributed by atoms with Gasteiger partial charge in [-0.25, -0.2) is 9.59 Å². The second-order valence-corrected chi connectivity index (χ2v) is 1.84. The lowest BCUT2D eigenvalue weighted by Crippen LogP contribution is -2.02. The molecule has 0 aliphatic heterocycles. The van der Waals surface area contributed by atoms with Gasteiger partial charge in [-0.15, -0.1) is 0 Å². The van der Waals surface area contributed by atoms with E-state index in [4.69, 9.17) is 5.11 Å². The molecule has 4 nitrogen and oxygen atoms in total. The van der Waals surface area contributed by atoms with Crippen molar-refractivity contribution in [1.82, 2.24) is 0 Å². The van der Waals surface area contributed by atoms with Crippen LogP contribution in [0.1, 0.15) is 13.3 Å². The Morgan fingerprint density at radius 3 is 2.55 bits per heavy atom. The molecule has 0 atom stereocenters. The Morgan fingerprint density at radius 2 is 2.09 bits per heavy atom. The van der Waals surface area contributed by atoms with Crippen molar-refractivity contribution < 1.29 is 19.4 Å². The van der Waals surface area contributed by atoms with Crippen LogP contribution in [0.2, 0.25) is 0 Å². The Hall–Kier alpha value is -1.32. The van der Waals surface area contributed by atoms with Crippen LogP contribution in [0.4, 0.5) is 0 Å². The number of carboxylic acid groups (broad SMARTS) is 1. The van der Waals surface area contributed by atoms with E-state index in [0.717, 1.165) is 18.6 Å². The molecule has 0 amide bonds. The molecular formula is C7H10O4. The van der Waals surface area contributed by atoms with E-state index in [0.29, 0.717) is 6.61 Å². The van der Waals surface area contributed by atoms with Gasteiger partial charge in [0.05, 0.1) is 6.61 Å². The highest BCUT2D eigenvalue weighted by Crippen LogP contribution is 1.84. The Labute approximate surface area is 64.5 Å². The average Bonchev–Trinajstić information content (AvgIpc) is 1.97. The molecule has 0 aromatic heterocycles. The summed E-state index contributed by atoms with van der Waals surface area (Å²) < 4.78 is 4.55. The minimum absolute atomic E-state index is 0.322. The van der Waals surface area contributed by atoms with Crippen LogP contribution in [0.15, 0.2) is 12.2 Å². The molecule has 0 aliphatic rings. The van der Waals surface area contributed by atoms with Crippen LogP contribution in [0, 0.1) is 0 Å². The molecular weight excluding hydrogens is 148 g/mol. The van der Waals surface area contributed by atoms with Crippen molar-refractivity contribution in [3.05, 3.63) is 12.2 Å². The summed E-state index contributed by atoms with van der Waals surface area (Å²) in [4.78, 5) is 20.4. The van der Waals surface area contributed by atoms with Crippen molar-refractivity contribution >= 4 is 11.9 Å². The summed E-state index contributed by atoms with van der Waals surface area (Å²) >= 11 is 0. The third kappa shape index (κ3) is 6.57. The topological polar surface area (TPSA) is 63.6 Å². The Bertz CT molecular complexity index is 171. The zero-order valence-corrected chi connectivity index (χ0v) is 6.24. The first-order valence-corrected chi connectivity index (χ1v) is 3.24. The van der Waals surface area contributed by atoms with Gasteiger partial charge in [-0.3, -0.25) is 0 Å². The standard InChI is InChI=1S/C7H10O4/c1-2-5-11-7(10)4-3-6(8)9/h3-4H,2,5H2,1H3,(H,8,9). The maximum atomic E-state index is 10.5. The molecule has 4 heteroatoms. The number of hydrogen-bond donors (Lipinski definition) is 1. The number of hydrogen-bond acceptors (Lipinski definition) is 3. The zero-order valence-electron chi connectivity index (χ0n) is 6.24. The molecule has 0 aliphatic carbocycles. The number of carbonyl (C=O) groups excluding carboxylic acids is 1. The van der Waals surface area contributed by atoms with Gasteiger partial charge in [0, 0.05) is 12.2 Å². The number of ether oxygens (including phenoxy) is 1. The van der Waals surface area contributed by atoms with Crippen LogP contribution in [0.3, 0.4) is 0 Å². The molecule has 0 rings (SSSR count). The molecule has 0 spiro atoms. The lowest BCUT2D eigenvalue weighted by molar-refractivity contribution is -0.138. The van der Waals surface area contributed by atoms with Crippen molar-refractivity contribution in [3.63, 3.8) is 0 Å². The van der Waals surface area contributed by atoms with Crippen LogP contribution in [-0.4, -0.2) is 23.7 Å². The fraction of sp³-hybridized carbons (Fsp3) is 0.429. The van der Waals surface area contributed by atoms with Crippen molar-refractivity contribution in [3.8, 4) is 0 Å². The highest BCUT2D eigenvalue weighted by molar-refractivity contribution is 5.90. The molecule has 0 saturated carbocycles. The van der Waals surface area contributed by atoms with Gasteiger partial charge in [0.1, 0.15) is 0 Å². The van der Waals surface area contributed by atoms with Gasteiger partial charge in [-0.2, -0.15) is 0 Å². The number of carboxylic acids is 1. The fourth-order valence-electron chi connectivity index (χ4n) is 0.390. The SMILES string of the molecule is CCCOC(=O)C=CC(=O)O. The minimum Gasteiger partial charge on any atom is -0.478 e. The van der Waals surface area contributed by atoms with Crippen molar-refractivity contribution in [2.75, 3.05) is 6.61 Å². The average molecular weight is 158 g/mol. The first kappa shape index (κ1) is 9.68. The van der Waals surface area contributed by atoms with E-state index >= 15 is 0 Å². The Kier molecular flexibility index (Phi) is 4.81. The number of rotatable bonds is 4. The molecule has 0 unspecified atom stereocenters. The second kappa shape index (κ2) is 5.46. The molecule has 0 bridgehead atoms. The number of aliphatic carboxylic acids is 1. The zero-order chi connectivity index (χ0) is 8.69. The fourth-order valence-corrected chi connectivity index (χ4v) is 0.390. The van der Waals surface area contributed by atoms with Crippen LogP contribution in [0.25, 0.3) is 0 Å². The van der Waals surface area contributed by atoms with Crippen molar-refractivity contribution in [1.29, 1.82) is 0 Å². The largest absolute Gasteiger partial charge is 0.478 e. The van der Waals surface area contributed by atoms with Gasteiger partial charge in [0.2, 0.25) is 0 Å². The van der Waals surface area contributed by atoms with E-state index in [2.05, 4.69) is 4.74 Å². The quantitative estimate of drug-likeness (QED) is 0.480. The summed E-state index contributed by atoms with van der Waals surface area (Å²) in [5, 5.41) is 8.09. The summed E-state index contributed by atoms with van der Waals surface area (Å²) in [5.41, 5.74) is 0. The van der Waals surface area contributed by atoms with Gasteiger partial charge < -0.3 is 9.84 Å². The molecule has 1 N–H and O–H groups in total. The molecule has 0 heterocycles. The highest BCUT2D eigenvalue weighted by Gasteiger charge is 1.95. The molecule has 0 aromatic carbocycles. The smallest absolute Gasteiger partial charge is 0.331 e. The summed E-state index contributed by atoms with van der Waals surface area (Å²) in [7, 11) is 0. The monoisotopic (exact) mass is 158 g/mol. The Morgan fingerprint density at radius 1 is 1.45 bits per heavy atom. The van der Waals surface area contributed by atoms with Crippen LogP contribution < -0.4 is 0 Å². The van der Waals surface area contributed by atoms with Crippen LogP contribution >= 0.6 is 0 Å². The molecule has 0 saturated heterocycles. The van der Waals surface area contributed by atoms with Crippen LogP contribution in [-0.2, 0) is 14.3 Å². The second-order valence-electron chi connectivity index (χ2n) is 1.84. The molecule has 11 heavy (non-hydrogen) atoms. The van der Waals surface area contributed by atoms with Crippen molar-refractivity contribution in [2.24, 2.45) is 0 Å². The van der Waals surface area contributed by atoms with E-state index in [-0.39, 0.29) is 0 Å². The first-order chi connectivity index (χ1) is 5.16. The van der Waals surface area contributed by atoms with E-state index in [1.54, 1.807) is 0 Å². The molecule has 0 aromatic rings. The van der Waals surface area contributed by atoms with Gasteiger partial charge >= 0.3 is 11.9 Å². The molecule has 0 fully saturated rings. The number of carbonyl (C=O) groups is 2. The Balaban J connectivity index is 3.60. The van der Waals surface area contributed by atoms with Gasteiger partial charge in [0.25, 0.3) is 0 Å². The predicted molar refractivity (Wildman–Crippen MR) is 38.0 cm³/mol. The third-order valence-corrected chi connectivity index (χ3v) is 0.810. The van der Waals surface area contributed by atoms with Crippen LogP contribution in [0.5, 0.6) is 0 Å².